The van der Waals surface area contributed by atoms with Crippen LogP contribution in [0.15, 0.2) is 29.5 Å². The number of methoxy groups -OCH3 is 1. The largest absolute Gasteiger partial charge is 0.491 e. The number of rotatable bonds is 9. The van der Waals surface area contributed by atoms with Crippen LogP contribution in [0.3, 0.4) is 0 Å². The van der Waals surface area contributed by atoms with Crippen molar-refractivity contribution < 1.29 is 37.3 Å². The maximum Gasteiger partial charge on any atom is 0.414 e. The molecule has 2 aliphatic rings. The van der Waals surface area contributed by atoms with Crippen molar-refractivity contribution in [2.45, 2.75) is 39.3 Å². The molecule has 0 spiro atoms. The van der Waals surface area contributed by atoms with E-state index in [1.807, 2.05) is 6.07 Å². The van der Waals surface area contributed by atoms with Crippen LogP contribution in [0.4, 0.5) is 16.6 Å². The number of benzene rings is 1. The minimum atomic E-state index is -3.42. The number of aromatic nitrogens is 4. The monoisotopic (exact) mass is 644 g/mol. The molecule has 2 aromatic heterocycles. The molecule has 0 unspecified atom stereocenters. The summed E-state index contributed by atoms with van der Waals surface area (Å²) in [6, 6.07) is 3.55. The van der Waals surface area contributed by atoms with Crippen molar-refractivity contribution in [3.05, 3.63) is 35.7 Å². The molecule has 0 saturated carbocycles. The molecule has 5 rings (SSSR count). The molecule has 16 nitrogen and oxygen atoms in total. The van der Waals surface area contributed by atoms with Crippen LogP contribution in [0.2, 0.25) is 0 Å². The third-order valence-electron chi connectivity index (χ3n) is 7.22. The SMILES string of the molecule is COc1c(OCCCS(=O)(=O)N2CCOCC2)ccc2c3n(c(=NC(=O)c4cnc(N(C(=O)O)C(C)(C)C)nc4)nc12)CCN3. The van der Waals surface area contributed by atoms with Crippen molar-refractivity contribution >= 4 is 44.7 Å². The number of nitrogens with zero attached hydrogens (tertiary/aromatic N) is 7. The van der Waals surface area contributed by atoms with Crippen LogP contribution in [-0.4, -0.2) is 107 Å². The lowest BCUT2D eigenvalue weighted by Crippen LogP contribution is -2.46. The Morgan fingerprint density at radius 2 is 1.87 bits per heavy atom. The first kappa shape index (κ1) is 32.1. The summed E-state index contributed by atoms with van der Waals surface area (Å²) in [5, 5.41) is 13.6. The van der Waals surface area contributed by atoms with Gasteiger partial charge in [0.05, 0.1) is 38.2 Å². The molecule has 0 radical (unpaired) electrons. The highest BCUT2D eigenvalue weighted by molar-refractivity contribution is 7.89. The van der Waals surface area contributed by atoms with E-state index in [9.17, 15) is 23.1 Å². The van der Waals surface area contributed by atoms with Gasteiger partial charge in [-0.2, -0.15) is 9.30 Å². The fraction of sp³-hybridized carbons (Fsp3) is 0.500. The molecule has 2 amide bonds. The summed E-state index contributed by atoms with van der Waals surface area (Å²) in [5.74, 6) is 0.587. The van der Waals surface area contributed by atoms with Gasteiger partial charge in [0, 0.05) is 49.5 Å². The van der Waals surface area contributed by atoms with E-state index in [0.717, 1.165) is 10.3 Å². The van der Waals surface area contributed by atoms with Crippen LogP contribution < -0.4 is 25.3 Å². The van der Waals surface area contributed by atoms with Gasteiger partial charge in [0.2, 0.25) is 21.6 Å². The van der Waals surface area contributed by atoms with Gasteiger partial charge < -0.3 is 24.6 Å². The first-order valence-electron chi connectivity index (χ1n) is 14.4. The Labute approximate surface area is 259 Å². The number of hydrogen-bond donors (Lipinski definition) is 2. The van der Waals surface area contributed by atoms with Crippen molar-refractivity contribution in [1.29, 1.82) is 0 Å². The summed E-state index contributed by atoms with van der Waals surface area (Å²) in [5.41, 5.74) is -0.234. The summed E-state index contributed by atoms with van der Waals surface area (Å²) >= 11 is 0. The lowest BCUT2D eigenvalue weighted by molar-refractivity contribution is 0.0730. The normalized spacial score (nSPS) is 15.9. The Morgan fingerprint density at radius 3 is 2.51 bits per heavy atom. The lowest BCUT2D eigenvalue weighted by Gasteiger charge is -2.30. The van der Waals surface area contributed by atoms with E-state index in [2.05, 4.69) is 25.3 Å². The van der Waals surface area contributed by atoms with Gasteiger partial charge in [-0.05, 0) is 39.3 Å². The number of anilines is 2. The second-order valence-electron chi connectivity index (χ2n) is 11.3. The van der Waals surface area contributed by atoms with E-state index in [0.29, 0.717) is 62.2 Å². The Balaban J connectivity index is 1.40. The number of hydrogen-bond acceptors (Lipinski definition) is 11. The van der Waals surface area contributed by atoms with E-state index in [1.165, 1.54) is 23.8 Å². The van der Waals surface area contributed by atoms with Gasteiger partial charge in [-0.25, -0.2) is 33.1 Å². The molecule has 1 fully saturated rings. The predicted molar refractivity (Wildman–Crippen MR) is 163 cm³/mol. The number of carboxylic acid groups (broad SMARTS) is 1. The number of amides is 2. The molecule has 242 valence electrons. The molecule has 0 aliphatic carbocycles. The maximum atomic E-state index is 13.2. The molecule has 2 aliphatic heterocycles. The molecular formula is C28H36N8O8S. The van der Waals surface area contributed by atoms with E-state index in [4.69, 9.17) is 14.2 Å². The van der Waals surface area contributed by atoms with Gasteiger partial charge in [0.15, 0.2) is 11.5 Å². The third-order valence-corrected chi connectivity index (χ3v) is 9.18. The number of fused-ring (bicyclic) bond motifs is 3. The smallest absolute Gasteiger partial charge is 0.414 e. The fourth-order valence-electron chi connectivity index (χ4n) is 5.10. The lowest BCUT2D eigenvalue weighted by atomic mass is 10.1. The highest BCUT2D eigenvalue weighted by Crippen LogP contribution is 2.37. The number of carbonyl (C=O) groups excluding carboxylic acids is 1. The standard InChI is InChI=1S/C28H36N8O8S/c1-28(2,3)36(27(38)39)25-30-16-18(17-31-25)24(37)33-26-32-21-19(23-29-8-9-35(23)26)6-7-20(22(21)42-4)44-12-5-15-45(40,41)34-10-13-43-14-11-34/h6-7,16-17,29H,5,8-15H2,1-4H3,(H,38,39). The van der Waals surface area contributed by atoms with Gasteiger partial charge >= 0.3 is 6.09 Å². The van der Waals surface area contributed by atoms with Crippen LogP contribution >= 0.6 is 0 Å². The minimum Gasteiger partial charge on any atom is -0.491 e. The zero-order valence-corrected chi connectivity index (χ0v) is 26.3. The Bertz CT molecular complexity index is 1760. The molecule has 4 heterocycles. The molecule has 2 N–H and O–H groups in total. The number of carbonyl (C=O) groups is 2. The van der Waals surface area contributed by atoms with Crippen LogP contribution in [0.1, 0.15) is 37.6 Å². The zero-order valence-electron chi connectivity index (χ0n) is 25.5. The second kappa shape index (κ2) is 12.9. The van der Waals surface area contributed by atoms with E-state index in [1.54, 1.807) is 31.4 Å². The zero-order chi connectivity index (χ0) is 32.4. The Morgan fingerprint density at radius 1 is 1.16 bits per heavy atom. The van der Waals surface area contributed by atoms with Crippen molar-refractivity contribution in [3.63, 3.8) is 0 Å². The number of morpholine rings is 1. The predicted octanol–water partition coefficient (Wildman–Crippen LogP) is 1.72. The van der Waals surface area contributed by atoms with E-state index < -0.39 is 27.6 Å². The van der Waals surface area contributed by atoms with Gasteiger partial charge in [-0.15, -0.1) is 0 Å². The molecular weight excluding hydrogens is 608 g/mol. The van der Waals surface area contributed by atoms with Crippen molar-refractivity contribution in [2.75, 3.05) is 62.5 Å². The Hall–Kier alpha value is -4.35. The molecule has 1 aromatic carbocycles. The number of ether oxygens (including phenoxy) is 3. The van der Waals surface area contributed by atoms with Gasteiger partial charge in [-0.3, -0.25) is 9.36 Å². The fourth-order valence-corrected chi connectivity index (χ4v) is 6.54. The number of nitrogens with one attached hydrogen (secondary N) is 1. The molecule has 0 atom stereocenters. The average Bonchev–Trinajstić information content (AvgIpc) is 3.50. The van der Waals surface area contributed by atoms with Gasteiger partial charge in [0.1, 0.15) is 11.3 Å². The van der Waals surface area contributed by atoms with E-state index >= 15 is 0 Å². The van der Waals surface area contributed by atoms with Crippen LogP contribution in [-0.2, 0) is 21.3 Å². The number of sulfonamides is 1. The Kier molecular flexibility index (Phi) is 9.22. The van der Waals surface area contributed by atoms with Crippen LogP contribution in [0.5, 0.6) is 11.5 Å². The third kappa shape index (κ3) is 6.84. The first-order valence-corrected chi connectivity index (χ1v) is 16.0. The molecule has 45 heavy (non-hydrogen) atoms. The van der Waals surface area contributed by atoms with E-state index in [-0.39, 0.29) is 35.9 Å². The maximum absolute atomic E-state index is 13.2. The molecule has 17 heteroatoms. The van der Waals surface area contributed by atoms with Crippen molar-refractivity contribution in [1.82, 2.24) is 23.8 Å². The molecule has 1 saturated heterocycles. The quantitative estimate of drug-likeness (QED) is 0.321. The topological polar surface area (TPSA) is 191 Å². The van der Waals surface area contributed by atoms with Crippen LogP contribution in [0, 0.1) is 0 Å². The van der Waals surface area contributed by atoms with Crippen molar-refractivity contribution in [3.8, 4) is 11.5 Å². The summed E-state index contributed by atoms with van der Waals surface area (Å²) in [6.45, 7) is 7.81. The molecule has 3 aromatic rings. The second-order valence-corrected chi connectivity index (χ2v) is 13.4. The highest BCUT2D eigenvalue weighted by atomic mass is 32.2. The van der Waals surface area contributed by atoms with Crippen molar-refractivity contribution in [2.24, 2.45) is 4.99 Å². The summed E-state index contributed by atoms with van der Waals surface area (Å²) < 4.78 is 45.4. The van der Waals surface area contributed by atoms with Gasteiger partial charge in [-0.1, -0.05) is 0 Å². The van der Waals surface area contributed by atoms with Crippen LogP contribution in [0.25, 0.3) is 10.9 Å². The summed E-state index contributed by atoms with van der Waals surface area (Å²) in [4.78, 5) is 43.1. The highest BCUT2D eigenvalue weighted by Gasteiger charge is 2.30. The first-order chi connectivity index (χ1) is 21.4. The minimum absolute atomic E-state index is 0.0521. The average molecular weight is 645 g/mol. The summed E-state index contributed by atoms with van der Waals surface area (Å²) in [7, 11) is -1.94. The summed E-state index contributed by atoms with van der Waals surface area (Å²) in [6.07, 6.45) is 1.50. The van der Waals surface area contributed by atoms with Gasteiger partial charge in [0.25, 0.3) is 5.91 Å². The molecule has 0 bridgehead atoms.